The van der Waals surface area contributed by atoms with Crippen LogP contribution in [0.5, 0.6) is 0 Å². The molecule has 0 radical (unpaired) electrons. The molecule has 12 rings (SSSR count). The van der Waals surface area contributed by atoms with Crippen molar-refractivity contribution in [2.24, 2.45) is 71.0 Å². The van der Waals surface area contributed by atoms with Crippen LogP contribution in [0, 0.1) is 71.0 Å². The second kappa shape index (κ2) is 16.7. The van der Waals surface area contributed by atoms with Crippen LogP contribution in [0.15, 0.2) is 0 Å². The van der Waals surface area contributed by atoms with Crippen molar-refractivity contribution in [3.63, 3.8) is 0 Å². The van der Waals surface area contributed by atoms with E-state index in [-0.39, 0.29) is 0 Å². The second-order valence-electron chi connectivity index (χ2n) is 24.2. The first kappa shape index (κ1) is 38.9. The first-order valence-electron chi connectivity index (χ1n) is 27.2. The number of nitrogens with zero attached hydrogens (tertiary/aromatic N) is 2. The molecule has 4 aliphatic heterocycles. The molecule has 0 aromatic carbocycles. The first-order valence-corrected chi connectivity index (χ1v) is 28.1. The van der Waals surface area contributed by atoms with Crippen LogP contribution < -0.4 is 5.32 Å². The number of rotatable bonds is 5. The van der Waals surface area contributed by atoms with Gasteiger partial charge in [-0.15, -0.1) is 0 Å². The Morgan fingerprint density at radius 2 is 0.877 bits per heavy atom. The van der Waals surface area contributed by atoms with Gasteiger partial charge in [-0.2, -0.15) is 11.8 Å². The molecule has 320 valence electrons. The van der Waals surface area contributed by atoms with Crippen molar-refractivity contribution < 1.29 is 0 Å². The summed E-state index contributed by atoms with van der Waals surface area (Å²) in [5.74, 6) is 12.5. The molecule has 0 amide bonds. The molecule has 4 heterocycles. The molecule has 4 saturated heterocycles. The van der Waals surface area contributed by atoms with Crippen LogP contribution in [-0.4, -0.2) is 69.6 Å². The van der Waals surface area contributed by atoms with Crippen LogP contribution in [0.3, 0.4) is 0 Å². The highest BCUT2D eigenvalue weighted by Gasteiger charge is 2.59. The molecule has 0 spiro atoms. The molecule has 19 atom stereocenters. The normalized spacial score (nSPS) is 53.6. The average Bonchev–Trinajstić information content (AvgIpc) is 3.94. The van der Waals surface area contributed by atoms with E-state index in [4.69, 9.17) is 0 Å². The summed E-state index contributed by atoms with van der Waals surface area (Å²) < 4.78 is 0. The predicted octanol–water partition coefficient (Wildman–Crippen LogP) is 12.5. The molecular weight excluding hydrogens is 711 g/mol. The van der Waals surface area contributed by atoms with Crippen molar-refractivity contribution in [1.29, 1.82) is 0 Å². The van der Waals surface area contributed by atoms with Gasteiger partial charge in [-0.3, -0.25) is 9.80 Å². The van der Waals surface area contributed by atoms with Gasteiger partial charge in [0, 0.05) is 46.8 Å². The Balaban J connectivity index is 0.750. The Morgan fingerprint density at radius 1 is 0.316 bits per heavy atom. The fraction of sp³-hybridized carbons (Fsp3) is 1.00. The standard InChI is InChI=1S/C53H87N3S/c1-2-11-34(12-3-1)38-27-39(37-13-10-26-54-33-37)29-41(28-38)56-49-18-8-5-15-43(49)46-31-36(21-24-51(46)56)35-20-23-50-45(30-35)42-14-4-7-17-48(42)55(50)40-22-25-53-47(32-40)44-16-6-9-19-52(44)57-53/h34-54H,1-33H2. The number of hydrogen-bond acceptors (Lipinski definition) is 4. The zero-order valence-corrected chi connectivity index (χ0v) is 37.5. The minimum absolute atomic E-state index is 0.916. The predicted molar refractivity (Wildman–Crippen MR) is 239 cm³/mol. The largest absolute Gasteiger partial charge is 0.316 e. The summed E-state index contributed by atoms with van der Waals surface area (Å²) in [5.41, 5.74) is 0. The van der Waals surface area contributed by atoms with Crippen molar-refractivity contribution in [2.45, 2.75) is 246 Å². The van der Waals surface area contributed by atoms with E-state index in [1.807, 2.05) is 0 Å². The van der Waals surface area contributed by atoms with Gasteiger partial charge in [0.2, 0.25) is 0 Å². The van der Waals surface area contributed by atoms with Crippen molar-refractivity contribution in [1.82, 2.24) is 15.1 Å². The number of nitrogens with one attached hydrogen (secondary N) is 1. The summed E-state index contributed by atoms with van der Waals surface area (Å²) in [6.45, 7) is 2.61. The maximum Gasteiger partial charge on any atom is 0.0133 e. The van der Waals surface area contributed by atoms with Gasteiger partial charge in [0.1, 0.15) is 0 Å². The van der Waals surface area contributed by atoms with Crippen LogP contribution in [-0.2, 0) is 0 Å². The molecule has 0 aromatic heterocycles. The number of fused-ring (bicyclic) bond motifs is 9. The van der Waals surface area contributed by atoms with Gasteiger partial charge in [-0.1, -0.05) is 70.6 Å². The summed E-state index contributed by atoms with van der Waals surface area (Å²) in [6, 6.07) is 5.69. The van der Waals surface area contributed by atoms with Gasteiger partial charge in [-0.25, -0.2) is 0 Å². The van der Waals surface area contributed by atoms with E-state index in [0.717, 1.165) is 118 Å². The highest BCUT2D eigenvalue weighted by atomic mass is 32.2. The van der Waals surface area contributed by atoms with E-state index >= 15 is 0 Å². The van der Waals surface area contributed by atoms with E-state index in [1.165, 1.54) is 64.5 Å². The zero-order chi connectivity index (χ0) is 37.5. The third kappa shape index (κ3) is 7.14. The fourth-order valence-electron chi connectivity index (χ4n) is 19.9. The lowest BCUT2D eigenvalue weighted by Gasteiger charge is -2.50. The number of thioether (sulfide) groups is 1. The second-order valence-corrected chi connectivity index (χ2v) is 25.7. The van der Waals surface area contributed by atoms with Gasteiger partial charge < -0.3 is 5.32 Å². The molecule has 12 fully saturated rings. The third-order valence-corrected chi connectivity index (χ3v) is 23.9. The van der Waals surface area contributed by atoms with Gasteiger partial charge >= 0.3 is 0 Å². The van der Waals surface area contributed by atoms with Crippen LogP contribution in [0.2, 0.25) is 0 Å². The minimum Gasteiger partial charge on any atom is -0.316 e. The van der Waals surface area contributed by atoms with E-state index in [2.05, 4.69) is 26.9 Å². The van der Waals surface area contributed by atoms with Crippen molar-refractivity contribution in [2.75, 3.05) is 13.1 Å². The Labute approximate surface area is 355 Å². The summed E-state index contributed by atoms with van der Waals surface area (Å²) in [4.78, 5) is 6.80. The number of piperidine rings is 1. The Hall–Kier alpha value is 0.230. The van der Waals surface area contributed by atoms with E-state index in [9.17, 15) is 0 Å². The molecular formula is C53H87N3S. The van der Waals surface area contributed by atoms with Crippen LogP contribution in [0.4, 0.5) is 0 Å². The molecule has 4 heteroatoms. The van der Waals surface area contributed by atoms with Gasteiger partial charge in [0.25, 0.3) is 0 Å². The molecule has 0 bridgehead atoms. The summed E-state index contributed by atoms with van der Waals surface area (Å²) in [5, 5.41) is 5.96. The number of likely N-dealkylation sites (tertiary alicyclic amines) is 2. The fourth-order valence-corrected chi connectivity index (χ4v) is 22.0. The lowest BCUT2D eigenvalue weighted by atomic mass is 9.62. The van der Waals surface area contributed by atoms with Crippen molar-refractivity contribution >= 4 is 11.8 Å². The van der Waals surface area contributed by atoms with E-state index in [0.29, 0.717) is 0 Å². The Morgan fingerprint density at radius 3 is 1.56 bits per heavy atom. The van der Waals surface area contributed by atoms with Gasteiger partial charge in [0.15, 0.2) is 0 Å². The van der Waals surface area contributed by atoms with Gasteiger partial charge in [-0.05, 0) is 213 Å². The Bertz CT molecular complexity index is 1330. The zero-order valence-electron chi connectivity index (χ0n) is 36.7. The van der Waals surface area contributed by atoms with Crippen molar-refractivity contribution in [3.8, 4) is 0 Å². The first-order chi connectivity index (χ1) is 28.2. The summed E-state index contributed by atoms with van der Waals surface area (Å²) >= 11 is 2.49. The molecule has 3 nitrogen and oxygen atoms in total. The minimum atomic E-state index is 0.916. The lowest BCUT2D eigenvalue weighted by molar-refractivity contribution is -0.00435. The smallest absolute Gasteiger partial charge is 0.0133 e. The molecule has 0 aromatic rings. The molecule has 19 unspecified atom stereocenters. The quantitative estimate of drug-likeness (QED) is 0.299. The van der Waals surface area contributed by atoms with Gasteiger partial charge in [0.05, 0.1) is 0 Å². The number of hydrogen-bond donors (Lipinski definition) is 1. The Kier molecular flexibility index (Phi) is 11.4. The van der Waals surface area contributed by atoms with E-state index < -0.39 is 0 Å². The highest BCUT2D eigenvalue weighted by molar-refractivity contribution is 8.00. The van der Waals surface area contributed by atoms with Crippen LogP contribution >= 0.6 is 11.8 Å². The summed E-state index contributed by atoms with van der Waals surface area (Å²) in [7, 11) is 0. The topological polar surface area (TPSA) is 18.5 Å². The molecule has 8 aliphatic carbocycles. The van der Waals surface area contributed by atoms with Crippen molar-refractivity contribution in [3.05, 3.63) is 0 Å². The monoisotopic (exact) mass is 798 g/mol. The maximum atomic E-state index is 3.89. The van der Waals surface area contributed by atoms with E-state index in [1.54, 1.807) is 148 Å². The average molecular weight is 798 g/mol. The molecule has 1 N–H and O–H groups in total. The molecule has 57 heavy (non-hydrogen) atoms. The third-order valence-electron chi connectivity index (χ3n) is 22.0. The highest BCUT2D eigenvalue weighted by Crippen LogP contribution is 2.61. The lowest BCUT2D eigenvalue weighted by Crippen LogP contribution is -2.52. The molecule has 12 aliphatic rings. The van der Waals surface area contributed by atoms with Crippen LogP contribution in [0.25, 0.3) is 0 Å². The van der Waals surface area contributed by atoms with Crippen LogP contribution in [0.1, 0.15) is 199 Å². The summed E-state index contributed by atoms with van der Waals surface area (Å²) in [6.07, 6.45) is 48.4. The maximum absolute atomic E-state index is 3.89. The SMILES string of the molecule is C1CCC(C2CC(C3CCCNC3)CC(N3C4CCCCC4C4CC(C5CCC6C(C5)C5CCCCC5N6C5CCC6SC7CCCCC7C6C5)CCC43)C2)CC1. The molecule has 8 saturated carbocycles.